The Morgan fingerprint density at radius 3 is 2.59 bits per heavy atom. The molecule has 0 spiro atoms. The predicted molar refractivity (Wildman–Crippen MR) is 106 cm³/mol. The number of furan rings is 1. The fourth-order valence-electron chi connectivity index (χ4n) is 3.01. The topological polar surface area (TPSA) is 67.6 Å². The molecule has 0 aliphatic heterocycles. The van der Waals surface area contributed by atoms with Gasteiger partial charge in [0.15, 0.2) is 15.6 Å². The average molecular weight is 381 g/mol. The van der Waals surface area contributed by atoms with Gasteiger partial charge >= 0.3 is 0 Å². The molecule has 0 aliphatic carbocycles. The van der Waals surface area contributed by atoms with Gasteiger partial charge in [0.2, 0.25) is 0 Å². The van der Waals surface area contributed by atoms with Crippen molar-refractivity contribution < 1.29 is 17.6 Å². The summed E-state index contributed by atoms with van der Waals surface area (Å²) in [4.78, 5) is 14.8. The zero-order valence-corrected chi connectivity index (χ0v) is 15.9. The van der Waals surface area contributed by atoms with Crippen LogP contribution in [0, 0.1) is 12.3 Å². The van der Waals surface area contributed by atoms with Gasteiger partial charge in [0.05, 0.1) is 5.75 Å². The molecule has 5 nitrogen and oxygen atoms in total. The summed E-state index contributed by atoms with van der Waals surface area (Å²) in [7, 11) is -3.36. The van der Waals surface area contributed by atoms with E-state index in [-0.39, 0.29) is 11.5 Å². The number of amides is 1. The van der Waals surface area contributed by atoms with E-state index in [1.807, 2.05) is 6.92 Å². The number of para-hydroxylation sites is 1. The molecule has 0 unspecified atom stereocenters. The Balaban J connectivity index is 2.13. The number of nitrogens with zero attached hydrogens (tertiary/aromatic N) is 1. The van der Waals surface area contributed by atoms with Gasteiger partial charge in [-0.15, -0.1) is 6.42 Å². The summed E-state index contributed by atoms with van der Waals surface area (Å²) in [6.45, 7) is 2.21. The van der Waals surface area contributed by atoms with Gasteiger partial charge in [0, 0.05) is 35.0 Å². The van der Waals surface area contributed by atoms with Gasteiger partial charge < -0.3 is 9.32 Å². The maximum atomic E-state index is 13.2. The lowest BCUT2D eigenvalue weighted by atomic mass is 10.1. The monoisotopic (exact) mass is 381 g/mol. The van der Waals surface area contributed by atoms with E-state index in [2.05, 4.69) is 5.92 Å². The molecule has 0 saturated carbocycles. The highest BCUT2D eigenvalue weighted by molar-refractivity contribution is 7.89. The molecule has 0 fully saturated rings. The lowest BCUT2D eigenvalue weighted by Gasteiger charge is -2.20. The van der Waals surface area contributed by atoms with Crippen LogP contribution in [-0.4, -0.2) is 27.1 Å². The third-order valence-corrected chi connectivity index (χ3v) is 5.00. The molecule has 0 aliphatic rings. The molecule has 3 aromatic rings. The zero-order valence-electron chi connectivity index (χ0n) is 15.1. The number of benzene rings is 2. The molecule has 1 amide bonds. The first-order valence-electron chi connectivity index (χ1n) is 8.40. The lowest BCUT2D eigenvalue weighted by molar-refractivity contribution is 0.0963. The van der Waals surface area contributed by atoms with E-state index in [1.54, 1.807) is 48.5 Å². The standard InChI is InChI=1S/C21H19NO4S/c1-4-15-9-8-10-16(13-15)22(5-2)21(23)20-18(14-27(3,24)25)17-11-6-7-12-19(17)26-20/h1,6-13H,5,14H2,2-3H3. The Morgan fingerprint density at radius 1 is 1.19 bits per heavy atom. The van der Waals surface area contributed by atoms with Crippen molar-refractivity contribution >= 4 is 32.4 Å². The quantitative estimate of drug-likeness (QED) is 0.633. The van der Waals surface area contributed by atoms with Gasteiger partial charge in [0.25, 0.3) is 5.91 Å². The van der Waals surface area contributed by atoms with Gasteiger partial charge in [-0.3, -0.25) is 4.79 Å². The molecule has 0 atom stereocenters. The third-order valence-electron chi connectivity index (χ3n) is 4.18. The Labute approximate surface area is 158 Å². The third kappa shape index (κ3) is 3.88. The Hall–Kier alpha value is -3.04. The number of anilines is 1. The summed E-state index contributed by atoms with van der Waals surface area (Å²) < 4.78 is 29.6. The minimum atomic E-state index is -3.36. The van der Waals surface area contributed by atoms with Crippen LogP contribution >= 0.6 is 0 Å². The minimum Gasteiger partial charge on any atom is -0.451 e. The Kier molecular flexibility index (Phi) is 5.06. The maximum Gasteiger partial charge on any atom is 0.294 e. The summed E-state index contributed by atoms with van der Waals surface area (Å²) in [5.41, 5.74) is 2.14. The van der Waals surface area contributed by atoms with E-state index in [1.165, 1.54) is 4.90 Å². The second-order valence-corrected chi connectivity index (χ2v) is 8.36. The highest BCUT2D eigenvalue weighted by Gasteiger charge is 2.27. The summed E-state index contributed by atoms with van der Waals surface area (Å²) in [6, 6.07) is 14.1. The molecule has 2 aromatic carbocycles. The largest absolute Gasteiger partial charge is 0.451 e. The van der Waals surface area contributed by atoms with E-state index in [0.29, 0.717) is 34.3 Å². The van der Waals surface area contributed by atoms with E-state index in [9.17, 15) is 13.2 Å². The van der Waals surface area contributed by atoms with Crippen LogP contribution in [-0.2, 0) is 15.6 Å². The van der Waals surface area contributed by atoms with Crippen LogP contribution in [0.3, 0.4) is 0 Å². The number of fused-ring (bicyclic) bond motifs is 1. The van der Waals surface area contributed by atoms with Crippen molar-refractivity contribution in [3.63, 3.8) is 0 Å². The van der Waals surface area contributed by atoms with E-state index in [0.717, 1.165) is 6.26 Å². The molecule has 1 aromatic heterocycles. The van der Waals surface area contributed by atoms with Crippen molar-refractivity contribution in [1.29, 1.82) is 0 Å². The molecule has 0 bridgehead atoms. The minimum absolute atomic E-state index is 0.0367. The summed E-state index contributed by atoms with van der Waals surface area (Å²) in [6.07, 6.45) is 6.59. The first kappa shape index (κ1) is 18.7. The second kappa shape index (κ2) is 7.29. The van der Waals surface area contributed by atoms with Gasteiger partial charge in [-0.25, -0.2) is 8.42 Å². The van der Waals surface area contributed by atoms with Crippen LogP contribution < -0.4 is 4.90 Å². The number of hydrogen-bond acceptors (Lipinski definition) is 4. The molecule has 3 rings (SSSR count). The summed E-state index contributed by atoms with van der Waals surface area (Å²) >= 11 is 0. The SMILES string of the molecule is C#Cc1cccc(N(CC)C(=O)c2oc3ccccc3c2CS(C)(=O)=O)c1. The van der Waals surface area contributed by atoms with Crippen molar-refractivity contribution in [3.8, 4) is 12.3 Å². The van der Waals surface area contributed by atoms with Crippen LogP contribution in [0.15, 0.2) is 52.9 Å². The number of carbonyl (C=O) groups is 1. The van der Waals surface area contributed by atoms with E-state index in [4.69, 9.17) is 10.8 Å². The fourth-order valence-corrected chi connectivity index (χ4v) is 3.82. The molecule has 27 heavy (non-hydrogen) atoms. The van der Waals surface area contributed by atoms with Gasteiger partial charge in [0.1, 0.15) is 5.58 Å². The molecule has 1 heterocycles. The Morgan fingerprint density at radius 2 is 1.93 bits per heavy atom. The fraction of sp³-hybridized carbons (Fsp3) is 0.190. The van der Waals surface area contributed by atoms with Crippen molar-refractivity contribution in [2.75, 3.05) is 17.7 Å². The molecule has 0 radical (unpaired) electrons. The van der Waals surface area contributed by atoms with Crippen molar-refractivity contribution in [2.24, 2.45) is 0 Å². The predicted octanol–water partition coefficient (Wildman–Crippen LogP) is 3.63. The maximum absolute atomic E-state index is 13.2. The van der Waals surface area contributed by atoms with Crippen LogP contribution in [0.2, 0.25) is 0 Å². The molecule has 6 heteroatoms. The van der Waals surface area contributed by atoms with Gasteiger partial charge in [-0.1, -0.05) is 30.2 Å². The van der Waals surface area contributed by atoms with Crippen LogP contribution in [0.4, 0.5) is 5.69 Å². The number of rotatable bonds is 5. The normalized spacial score (nSPS) is 11.3. The van der Waals surface area contributed by atoms with Crippen LogP contribution in [0.25, 0.3) is 11.0 Å². The van der Waals surface area contributed by atoms with Crippen LogP contribution in [0.5, 0.6) is 0 Å². The Bertz CT molecular complexity index is 1150. The summed E-state index contributed by atoms with van der Waals surface area (Å²) in [5, 5.41) is 0.625. The number of carbonyl (C=O) groups excluding carboxylic acids is 1. The first-order chi connectivity index (χ1) is 12.8. The first-order valence-corrected chi connectivity index (χ1v) is 10.5. The smallest absolute Gasteiger partial charge is 0.294 e. The second-order valence-electron chi connectivity index (χ2n) is 6.22. The number of sulfone groups is 1. The van der Waals surface area contributed by atoms with E-state index < -0.39 is 15.7 Å². The number of hydrogen-bond donors (Lipinski definition) is 0. The average Bonchev–Trinajstić information content (AvgIpc) is 2.99. The molecular weight excluding hydrogens is 362 g/mol. The lowest BCUT2D eigenvalue weighted by Crippen LogP contribution is -2.31. The molecule has 138 valence electrons. The van der Waals surface area contributed by atoms with Crippen molar-refractivity contribution in [2.45, 2.75) is 12.7 Å². The summed E-state index contributed by atoms with van der Waals surface area (Å²) in [5.74, 6) is 1.91. The van der Waals surface area contributed by atoms with Crippen molar-refractivity contribution in [3.05, 3.63) is 65.4 Å². The van der Waals surface area contributed by atoms with E-state index >= 15 is 0 Å². The van der Waals surface area contributed by atoms with Crippen LogP contribution in [0.1, 0.15) is 28.6 Å². The van der Waals surface area contributed by atoms with Gasteiger partial charge in [-0.2, -0.15) is 0 Å². The highest BCUT2D eigenvalue weighted by atomic mass is 32.2. The molecular formula is C21H19NO4S. The van der Waals surface area contributed by atoms with Gasteiger partial charge in [-0.05, 0) is 31.2 Å². The zero-order chi connectivity index (χ0) is 19.6. The van der Waals surface area contributed by atoms with Crippen molar-refractivity contribution in [1.82, 2.24) is 0 Å². The molecule has 0 N–H and O–H groups in total. The molecule has 0 saturated heterocycles. The highest BCUT2D eigenvalue weighted by Crippen LogP contribution is 2.30. The number of terminal acetylenes is 1.